The Morgan fingerprint density at radius 2 is 1.86 bits per heavy atom. The molecule has 10 N–H and O–H groups in total. The highest BCUT2D eigenvalue weighted by Crippen LogP contribution is 2.61. The molecule has 0 aromatic carbocycles. The minimum Gasteiger partial charge on any atom is -0.386 e. The van der Waals surface area contributed by atoms with E-state index in [4.69, 9.17) is 19.5 Å². The fourth-order valence-corrected chi connectivity index (χ4v) is 7.63. The lowest BCUT2D eigenvalue weighted by Gasteiger charge is -2.36. The van der Waals surface area contributed by atoms with Crippen LogP contribution in [0.25, 0.3) is 0 Å². The number of rotatable bonds is 19. The van der Waals surface area contributed by atoms with Gasteiger partial charge in [0.05, 0.1) is 19.9 Å². The second-order valence-corrected chi connectivity index (χ2v) is 16.1. The maximum atomic E-state index is 12.6. The Labute approximate surface area is 289 Å². The van der Waals surface area contributed by atoms with Gasteiger partial charge in [-0.3, -0.25) is 32.9 Å². The van der Waals surface area contributed by atoms with E-state index in [0.717, 1.165) is 11.2 Å². The number of fused-ring (bicyclic) bond motifs is 1. The van der Waals surface area contributed by atoms with E-state index in [1.165, 1.54) is 13.8 Å². The van der Waals surface area contributed by atoms with Gasteiger partial charge in [-0.25, -0.2) is 28.6 Å². The van der Waals surface area contributed by atoms with E-state index >= 15 is 0 Å². The first-order valence-corrected chi connectivity index (χ1v) is 19.5. The second kappa shape index (κ2) is 16.8. The van der Waals surface area contributed by atoms with Crippen LogP contribution in [0.2, 0.25) is 0 Å². The number of aliphatic imine (C=N–C) groups is 3. The average Bonchev–Trinajstić information content (AvgIpc) is 3.54. The Kier molecular flexibility index (Phi) is 14.2. The van der Waals surface area contributed by atoms with Crippen molar-refractivity contribution in [3.8, 4) is 0 Å². The third-order valence-corrected chi connectivity index (χ3v) is 10.5. The number of carbonyl (C=O) groups is 3. The van der Waals surface area contributed by atoms with Gasteiger partial charge in [0.2, 0.25) is 17.5 Å². The third-order valence-electron chi connectivity index (χ3n) is 7.18. The zero-order chi connectivity index (χ0) is 37.7. The molecule has 2 amide bonds. The summed E-state index contributed by atoms with van der Waals surface area (Å²) < 4.78 is 60.8. The Morgan fingerprint density at radius 1 is 1.20 bits per heavy atom. The van der Waals surface area contributed by atoms with E-state index in [-0.39, 0.29) is 30.4 Å². The van der Waals surface area contributed by atoms with Crippen LogP contribution in [0.4, 0.5) is 0 Å². The average molecular weight is 798 g/mol. The van der Waals surface area contributed by atoms with Gasteiger partial charge in [-0.1, -0.05) is 13.8 Å². The maximum Gasteiger partial charge on any atom is 0.481 e. The lowest BCUT2D eigenvalue weighted by molar-refractivity contribution is -0.137. The van der Waals surface area contributed by atoms with E-state index < -0.39 is 91.0 Å². The molecule has 8 atom stereocenters. The number of phosphoric ester groups is 3. The minimum atomic E-state index is -5.60. The van der Waals surface area contributed by atoms with Crippen molar-refractivity contribution in [3.05, 3.63) is 0 Å². The largest absolute Gasteiger partial charge is 0.481 e. The molecule has 0 aromatic heterocycles. The number of aliphatic hydroxyl groups excluding tert-OH is 2. The number of aldehydes is 1. The van der Waals surface area contributed by atoms with Gasteiger partial charge in [-0.15, -0.1) is 0 Å². The summed E-state index contributed by atoms with van der Waals surface area (Å²) in [6.07, 6.45) is -8.22. The number of thiol groups is 1. The van der Waals surface area contributed by atoms with E-state index in [1.807, 2.05) is 0 Å². The smallest absolute Gasteiger partial charge is 0.386 e. The van der Waals surface area contributed by atoms with Crippen molar-refractivity contribution in [2.24, 2.45) is 26.1 Å². The number of aliphatic hydroxyl groups is 2. The predicted molar refractivity (Wildman–Crippen MR) is 172 cm³/mol. The molecule has 24 nitrogen and oxygen atoms in total. The van der Waals surface area contributed by atoms with Gasteiger partial charge < -0.3 is 50.9 Å². The number of amidine groups is 1. The molecule has 0 saturated carbocycles. The van der Waals surface area contributed by atoms with Gasteiger partial charge in [0.15, 0.2) is 12.1 Å². The Balaban J connectivity index is 1.62. The summed E-state index contributed by atoms with van der Waals surface area (Å²) in [5.41, 5.74) is 2.10. The first-order valence-electron chi connectivity index (χ1n) is 14.3. The van der Waals surface area contributed by atoms with Crippen LogP contribution in [0, 0.1) is 5.41 Å². The van der Waals surface area contributed by atoms with Crippen LogP contribution in [0.1, 0.15) is 20.3 Å². The summed E-state index contributed by atoms with van der Waals surface area (Å²) in [4.78, 5) is 88.1. The summed E-state index contributed by atoms with van der Waals surface area (Å²) in [5.74, 6) is -1.13. The van der Waals surface area contributed by atoms with Crippen molar-refractivity contribution in [1.82, 2.24) is 15.5 Å². The zero-order valence-electron chi connectivity index (χ0n) is 26.3. The third kappa shape index (κ3) is 10.8. The van der Waals surface area contributed by atoms with E-state index in [9.17, 15) is 57.9 Å². The number of nitrogens with one attached hydrogen (secondary N) is 2. The van der Waals surface area contributed by atoms with Crippen molar-refractivity contribution >= 4 is 72.1 Å². The van der Waals surface area contributed by atoms with Crippen LogP contribution in [0.15, 0.2) is 15.0 Å². The van der Waals surface area contributed by atoms with Crippen molar-refractivity contribution < 1.29 is 80.5 Å². The number of nitrogens with zero attached hydrogens (tertiary/aromatic N) is 4. The van der Waals surface area contributed by atoms with Gasteiger partial charge in [-0.2, -0.15) is 16.9 Å². The molecule has 3 heterocycles. The fraction of sp³-hybridized carbons (Fsp3) is 0.727. The molecule has 3 rings (SSSR count). The van der Waals surface area contributed by atoms with Crippen LogP contribution < -0.4 is 16.4 Å². The van der Waals surface area contributed by atoms with Gasteiger partial charge in [0.25, 0.3) is 0 Å². The van der Waals surface area contributed by atoms with Crippen LogP contribution in [0.3, 0.4) is 0 Å². The summed E-state index contributed by atoms with van der Waals surface area (Å²) in [7, 11) is -16.5. The van der Waals surface area contributed by atoms with Gasteiger partial charge >= 0.3 is 23.5 Å². The number of carbonyl (C=O) groups excluding carboxylic acids is 3. The fourth-order valence-electron chi connectivity index (χ4n) is 4.69. The van der Waals surface area contributed by atoms with Crippen molar-refractivity contribution in [3.63, 3.8) is 0 Å². The van der Waals surface area contributed by atoms with Gasteiger partial charge in [0.1, 0.15) is 42.7 Å². The first-order chi connectivity index (χ1) is 23.1. The molecular formula is C22H38N7O17P3S. The number of amides is 2. The van der Waals surface area contributed by atoms with Crippen LogP contribution in [0.5, 0.6) is 0 Å². The van der Waals surface area contributed by atoms with E-state index in [1.54, 1.807) is 0 Å². The molecule has 284 valence electrons. The zero-order valence-corrected chi connectivity index (χ0v) is 29.9. The van der Waals surface area contributed by atoms with E-state index in [0.29, 0.717) is 18.6 Å². The lowest BCUT2D eigenvalue weighted by Crippen LogP contribution is -2.61. The monoisotopic (exact) mass is 797 g/mol. The van der Waals surface area contributed by atoms with Crippen LogP contribution in [-0.4, -0.2) is 146 Å². The highest BCUT2D eigenvalue weighted by molar-refractivity contribution is 7.80. The molecule has 0 aliphatic carbocycles. The molecule has 1 saturated heterocycles. The molecule has 1 fully saturated rings. The summed E-state index contributed by atoms with van der Waals surface area (Å²) in [6.45, 7) is 0.179. The number of hydrogen-bond donors (Lipinski definition) is 10. The Bertz CT molecular complexity index is 1530. The highest BCUT2D eigenvalue weighted by Gasteiger charge is 2.59. The molecule has 3 aliphatic heterocycles. The predicted octanol–water partition coefficient (Wildman–Crippen LogP) is -3.25. The number of ether oxygens (including phenoxy) is 1. The number of phosphoric acid groups is 3. The molecule has 0 spiro atoms. The SMILES string of the molecule is CC(C)(COP(=O)(O)OP(=O)(O)OC[C@H]1O[C@@H](N2CN=C3C(N)=NC=NC32C=O)[C@H](O)[C@@H]1OP(=O)(O)O)[C@@H](O)C(=O)NCCC(=O)NCCS. The molecule has 0 radical (unpaired) electrons. The standard InChI is InChI=1S/C22H38N7O17P3S/c1-21(2,17(33)19(34)25-4-3-13(31)24-5-6-50)9-43-49(40,41)46-48(38,39)42-7-12-15(45-47(35,36)37)14(32)20(44-12)29-11-27-16-18(23)26-10-28-22(16,29)8-30/h8,10,12,14-15,17,20,32-33,50H,3-7,9,11H2,1-2H3,(H,24,31)(H,25,34)(H,38,39)(H,40,41)(H2,23,26,28)(H2,35,36,37)/t12-,14-,15-,17+,20-,22?/m1/s1. The topological polar surface area (TPSA) is 360 Å². The molecule has 3 unspecified atom stereocenters. The quantitative estimate of drug-likeness (QED) is 0.0348. The molecule has 0 bridgehead atoms. The van der Waals surface area contributed by atoms with Gasteiger partial charge in [0, 0.05) is 30.7 Å². The second-order valence-electron chi connectivity index (χ2n) is 11.4. The molecule has 0 aromatic rings. The molecule has 3 aliphatic rings. The minimum absolute atomic E-state index is 0.113. The number of hydrogen-bond acceptors (Lipinski definition) is 19. The van der Waals surface area contributed by atoms with Crippen LogP contribution in [-0.2, 0) is 50.7 Å². The van der Waals surface area contributed by atoms with Crippen molar-refractivity contribution in [1.29, 1.82) is 0 Å². The molecule has 28 heteroatoms. The first kappa shape index (κ1) is 42.4. The Hall–Kier alpha value is -2.02. The summed E-state index contributed by atoms with van der Waals surface area (Å²) >= 11 is 3.95. The lowest BCUT2D eigenvalue weighted by atomic mass is 9.87. The van der Waals surface area contributed by atoms with Gasteiger partial charge in [-0.05, 0) is 0 Å². The normalized spacial score (nSPS) is 28.5. The summed E-state index contributed by atoms with van der Waals surface area (Å²) in [5, 5.41) is 26.2. The molecular weight excluding hydrogens is 759 g/mol. The van der Waals surface area contributed by atoms with Crippen molar-refractivity contribution in [2.75, 3.05) is 38.7 Å². The number of nitrogens with two attached hydrogens (primary N) is 1. The van der Waals surface area contributed by atoms with E-state index in [2.05, 4.69) is 47.1 Å². The Morgan fingerprint density at radius 3 is 2.48 bits per heavy atom. The summed E-state index contributed by atoms with van der Waals surface area (Å²) in [6, 6.07) is 0. The van der Waals surface area contributed by atoms with Crippen molar-refractivity contribution in [2.45, 2.75) is 56.6 Å². The highest BCUT2D eigenvalue weighted by atomic mass is 32.1. The molecule has 50 heavy (non-hydrogen) atoms. The maximum absolute atomic E-state index is 12.6. The van der Waals surface area contributed by atoms with Crippen LogP contribution >= 0.6 is 36.1 Å².